The highest BCUT2D eigenvalue weighted by molar-refractivity contribution is 6.09. The summed E-state index contributed by atoms with van der Waals surface area (Å²) in [5.41, 5.74) is 9.22. The monoisotopic (exact) mass is 202 g/mol. The first kappa shape index (κ1) is 13.1. The lowest BCUT2D eigenvalue weighted by Gasteiger charge is -2.26. The van der Waals surface area contributed by atoms with Crippen molar-refractivity contribution in [2.45, 2.75) is 38.8 Å². The fourth-order valence-electron chi connectivity index (χ4n) is 1.03. The van der Waals surface area contributed by atoms with Crippen molar-refractivity contribution in [2.75, 3.05) is 0 Å². The van der Waals surface area contributed by atoms with Gasteiger partial charge in [0, 0.05) is 0 Å². The van der Waals surface area contributed by atoms with Crippen molar-refractivity contribution in [3.63, 3.8) is 0 Å². The number of Topliss-reactive ketones (excluding diaryl/α,β-unsaturated/α-hetero) is 1. The predicted molar refractivity (Wildman–Crippen MR) is 52.7 cm³/mol. The molecular formula is C9H18N2O3. The third kappa shape index (κ3) is 2.30. The topological polar surface area (TPSA) is 106 Å². The molecule has 0 fully saturated rings. The van der Waals surface area contributed by atoms with E-state index in [0.717, 1.165) is 0 Å². The zero-order valence-electron chi connectivity index (χ0n) is 8.78. The van der Waals surface area contributed by atoms with E-state index in [2.05, 4.69) is 0 Å². The second kappa shape index (κ2) is 4.52. The molecule has 0 aromatic rings. The number of carboxylic acid groups (broad SMARTS) is 1. The maximum Gasteiger partial charge on any atom is 0.331 e. The van der Waals surface area contributed by atoms with Crippen LogP contribution < -0.4 is 11.5 Å². The molecule has 0 aliphatic rings. The summed E-state index contributed by atoms with van der Waals surface area (Å²) in [6.07, 6.45) is 0.0432. The molecule has 0 aromatic heterocycles. The zero-order chi connectivity index (χ0) is 11.5. The molecule has 0 rings (SSSR count). The predicted octanol–water partition coefficient (Wildman–Crippen LogP) is -0.269. The van der Waals surface area contributed by atoms with Crippen LogP contribution >= 0.6 is 0 Å². The Morgan fingerprint density at radius 2 is 1.86 bits per heavy atom. The van der Waals surface area contributed by atoms with Gasteiger partial charge < -0.3 is 16.6 Å². The van der Waals surface area contributed by atoms with Crippen LogP contribution in [0.3, 0.4) is 0 Å². The van der Waals surface area contributed by atoms with Crippen LogP contribution in [0.2, 0.25) is 0 Å². The fraction of sp³-hybridized carbons (Fsp3) is 0.778. The molecule has 0 aliphatic heterocycles. The summed E-state index contributed by atoms with van der Waals surface area (Å²) in [5.74, 6) is -2.04. The molecule has 2 unspecified atom stereocenters. The number of rotatable bonds is 5. The first-order chi connectivity index (χ1) is 6.27. The van der Waals surface area contributed by atoms with Crippen LogP contribution in [0.1, 0.15) is 27.2 Å². The van der Waals surface area contributed by atoms with Crippen molar-refractivity contribution in [1.82, 2.24) is 0 Å². The summed E-state index contributed by atoms with van der Waals surface area (Å²) < 4.78 is 0. The van der Waals surface area contributed by atoms with E-state index in [9.17, 15) is 9.59 Å². The van der Waals surface area contributed by atoms with Gasteiger partial charge >= 0.3 is 5.97 Å². The van der Waals surface area contributed by atoms with Crippen LogP contribution in [-0.2, 0) is 9.59 Å². The van der Waals surface area contributed by atoms with Gasteiger partial charge in [0.1, 0.15) is 0 Å². The second-order valence-corrected chi connectivity index (χ2v) is 3.76. The minimum atomic E-state index is -1.84. The molecule has 14 heavy (non-hydrogen) atoms. The van der Waals surface area contributed by atoms with Gasteiger partial charge in [-0.1, -0.05) is 20.8 Å². The Morgan fingerprint density at radius 3 is 2.07 bits per heavy atom. The van der Waals surface area contributed by atoms with Crippen LogP contribution in [-0.4, -0.2) is 28.4 Å². The lowest BCUT2D eigenvalue weighted by atomic mass is 9.84. The number of carbonyl (C=O) groups excluding carboxylic acids is 1. The van der Waals surface area contributed by atoms with Crippen molar-refractivity contribution in [2.24, 2.45) is 17.4 Å². The van der Waals surface area contributed by atoms with Crippen molar-refractivity contribution >= 4 is 11.8 Å². The summed E-state index contributed by atoms with van der Waals surface area (Å²) in [4.78, 5) is 22.5. The minimum Gasteiger partial charge on any atom is -0.480 e. The number of ketones is 1. The van der Waals surface area contributed by atoms with Gasteiger partial charge in [0.15, 0.2) is 11.3 Å². The Balaban J connectivity index is 4.88. The van der Waals surface area contributed by atoms with E-state index in [0.29, 0.717) is 0 Å². The highest BCUT2D eigenvalue weighted by Gasteiger charge is 2.43. The normalized spacial score (nSPS) is 17.6. The molecule has 0 radical (unpaired) electrons. The molecule has 5 N–H and O–H groups in total. The Morgan fingerprint density at radius 1 is 1.43 bits per heavy atom. The number of carbonyl (C=O) groups is 2. The summed E-state index contributed by atoms with van der Waals surface area (Å²) in [6, 6.07) is -0.823. The van der Waals surface area contributed by atoms with Gasteiger partial charge in [-0.15, -0.1) is 0 Å². The Kier molecular flexibility index (Phi) is 4.22. The van der Waals surface area contributed by atoms with Crippen molar-refractivity contribution in [1.29, 1.82) is 0 Å². The highest BCUT2D eigenvalue weighted by atomic mass is 16.4. The molecule has 2 atom stereocenters. The SMILES string of the molecule is CCC(N)(C(=O)O)C(=O)C(N)C(C)C. The highest BCUT2D eigenvalue weighted by Crippen LogP contribution is 2.13. The van der Waals surface area contributed by atoms with Gasteiger partial charge in [-0.25, -0.2) is 4.79 Å². The average molecular weight is 202 g/mol. The number of aliphatic carboxylic acids is 1. The fourth-order valence-corrected chi connectivity index (χ4v) is 1.03. The minimum absolute atomic E-state index is 0.0432. The number of hydrogen-bond acceptors (Lipinski definition) is 4. The second-order valence-electron chi connectivity index (χ2n) is 3.76. The van der Waals surface area contributed by atoms with Crippen LogP contribution in [0.5, 0.6) is 0 Å². The van der Waals surface area contributed by atoms with Crippen molar-refractivity contribution in [3.05, 3.63) is 0 Å². The number of nitrogens with two attached hydrogens (primary N) is 2. The Hall–Kier alpha value is -0.940. The van der Waals surface area contributed by atoms with E-state index in [1.165, 1.54) is 0 Å². The van der Waals surface area contributed by atoms with Gasteiger partial charge in [-0.3, -0.25) is 4.79 Å². The van der Waals surface area contributed by atoms with E-state index in [-0.39, 0.29) is 12.3 Å². The lowest BCUT2D eigenvalue weighted by molar-refractivity contribution is -0.149. The Labute approximate surface area is 83.5 Å². The zero-order valence-corrected chi connectivity index (χ0v) is 8.78. The Bertz CT molecular complexity index is 240. The standard InChI is InChI=1S/C9H18N2O3/c1-4-9(11,8(13)14)7(12)6(10)5(2)3/h5-6H,4,10-11H2,1-3H3,(H,13,14). The molecular weight excluding hydrogens is 184 g/mol. The molecule has 0 bridgehead atoms. The molecule has 0 amide bonds. The molecule has 82 valence electrons. The molecule has 0 aliphatic carbocycles. The molecule has 0 heterocycles. The molecule has 0 spiro atoms. The first-order valence-electron chi connectivity index (χ1n) is 4.59. The van der Waals surface area contributed by atoms with Gasteiger partial charge in [0.05, 0.1) is 6.04 Å². The van der Waals surface area contributed by atoms with Crippen molar-refractivity contribution < 1.29 is 14.7 Å². The van der Waals surface area contributed by atoms with Crippen LogP contribution in [0, 0.1) is 5.92 Å². The quantitative estimate of drug-likeness (QED) is 0.532. The summed E-state index contributed by atoms with van der Waals surface area (Å²) in [7, 11) is 0. The summed E-state index contributed by atoms with van der Waals surface area (Å²) in [6.45, 7) is 5.06. The summed E-state index contributed by atoms with van der Waals surface area (Å²) in [5, 5.41) is 8.83. The van der Waals surface area contributed by atoms with Gasteiger partial charge in [-0.05, 0) is 12.3 Å². The van der Waals surface area contributed by atoms with Gasteiger partial charge in [-0.2, -0.15) is 0 Å². The number of carboxylic acids is 1. The lowest BCUT2D eigenvalue weighted by Crippen LogP contribution is -2.60. The van der Waals surface area contributed by atoms with Crippen LogP contribution in [0.15, 0.2) is 0 Å². The maximum atomic E-state index is 11.6. The van der Waals surface area contributed by atoms with E-state index >= 15 is 0 Å². The van der Waals surface area contributed by atoms with Gasteiger partial charge in [0.25, 0.3) is 0 Å². The molecule has 0 saturated carbocycles. The first-order valence-corrected chi connectivity index (χ1v) is 4.59. The number of hydrogen-bond donors (Lipinski definition) is 3. The van der Waals surface area contributed by atoms with E-state index < -0.39 is 23.3 Å². The van der Waals surface area contributed by atoms with Crippen LogP contribution in [0.25, 0.3) is 0 Å². The average Bonchev–Trinajstić information content (AvgIpc) is 2.13. The maximum absolute atomic E-state index is 11.6. The molecule has 5 nitrogen and oxygen atoms in total. The van der Waals surface area contributed by atoms with Gasteiger partial charge in [0.2, 0.25) is 0 Å². The van der Waals surface area contributed by atoms with E-state index in [1.807, 2.05) is 0 Å². The van der Waals surface area contributed by atoms with E-state index in [4.69, 9.17) is 16.6 Å². The molecule has 0 saturated heterocycles. The largest absolute Gasteiger partial charge is 0.480 e. The van der Waals surface area contributed by atoms with Crippen molar-refractivity contribution in [3.8, 4) is 0 Å². The summed E-state index contributed by atoms with van der Waals surface area (Å²) >= 11 is 0. The van der Waals surface area contributed by atoms with E-state index in [1.54, 1.807) is 20.8 Å². The van der Waals surface area contributed by atoms with Crippen LogP contribution in [0.4, 0.5) is 0 Å². The third-order valence-electron chi connectivity index (χ3n) is 2.40. The third-order valence-corrected chi connectivity index (χ3v) is 2.40. The smallest absolute Gasteiger partial charge is 0.331 e. The molecule has 5 heteroatoms. The molecule has 0 aromatic carbocycles.